The lowest BCUT2D eigenvalue weighted by Gasteiger charge is -2.32. The fraction of sp³-hybridized carbons (Fsp3) is 0.571. The fourth-order valence-electron chi connectivity index (χ4n) is 1.85. The van der Waals surface area contributed by atoms with Gasteiger partial charge in [0.05, 0.1) is 5.56 Å². The predicted octanol–water partition coefficient (Wildman–Crippen LogP) is 2.78. The Hall–Kier alpha value is -1.81. The zero-order valence-corrected chi connectivity index (χ0v) is 12.3. The first-order chi connectivity index (χ1) is 9.64. The number of halogens is 3. The van der Waals surface area contributed by atoms with E-state index in [4.69, 9.17) is 11.0 Å². The van der Waals surface area contributed by atoms with Crippen LogP contribution in [0.4, 0.5) is 19.0 Å². The molecule has 2 N–H and O–H groups in total. The van der Waals surface area contributed by atoms with Gasteiger partial charge in [0, 0.05) is 13.1 Å². The zero-order valence-electron chi connectivity index (χ0n) is 12.3. The smallest absolute Gasteiger partial charge is 0.355 e. The summed E-state index contributed by atoms with van der Waals surface area (Å²) < 4.78 is 38.4. The van der Waals surface area contributed by atoms with Crippen LogP contribution in [0.2, 0.25) is 0 Å². The van der Waals surface area contributed by atoms with E-state index in [0.717, 1.165) is 12.1 Å². The van der Waals surface area contributed by atoms with E-state index in [1.807, 2.05) is 19.9 Å². The molecule has 7 heteroatoms. The van der Waals surface area contributed by atoms with Gasteiger partial charge in [0.2, 0.25) is 0 Å². The molecule has 0 saturated heterocycles. The number of nitrogens with two attached hydrogens (primary N) is 1. The van der Waals surface area contributed by atoms with Gasteiger partial charge in [-0.05, 0) is 31.0 Å². The molecule has 1 aromatic rings. The minimum Gasteiger partial charge on any atom is -0.355 e. The minimum atomic E-state index is -4.54. The minimum absolute atomic E-state index is 0.0522. The van der Waals surface area contributed by atoms with Gasteiger partial charge in [-0.2, -0.15) is 18.4 Å². The first kappa shape index (κ1) is 17.2. The van der Waals surface area contributed by atoms with Crippen molar-refractivity contribution < 1.29 is 13.2 Å². The molecule has 0 unspecified atom stereocenters. The van der Waals surface area contributed by atoms with Crippen molar-refractivity contribution >= 4 is 5.82 Å². The Morgan fingerprint density at radius 1 is 1.33 bits per heavy atom. The van der Waals surface area contributed by atoms with Gasteiger partial charge in [0.15, 0.2) is 0 Å². The Kier molecular flexibility index (Phi) is 5.18. The quantitative estimate of drug-likeness (QED) is 0.908. The molecule has 1 aromatic heterocycles. The molecule has 0 amide bonds. The van der Waals surface area contributed by atoms with E-state index in [2.05, 4.69) is 4.98 Å². The third-order valence-corrected chi connectivity index (χ3v) is 3.14. The lowest BCUT2D eigenvalue weighted by atomic mass is 9.93. The molecule has 1 heterocycles. The molecule has 0 saturated carbocycles. The summed E-state index contributed by atoms with van der Waals surface area (Å²) in [6.45, 7) is 6.86. The van der Waals surface area contributed by atoms with Gasteiger partial charge in [-0.1, -0.05) is 13.8 Å². The first-order valence-electron chi connectivity index (χ1n) is 6.58. The average Bonchev–Trinajstić information content (AvgIpc) is 2.43. The van der Waals surface area contributed by atoms with Crippen molar-refractivity contribution in [2.24, 2.45) is 11.1 Å². The van der Waals surface area contributed by atoms with E-state index in [-0.39, 0.29) is 16.8 Å². The summed E-state index contributed by atoms with van der Waals surface area (Å²) in [7, 11) is 0. The highest BCUT2D eigenvalue weighted by Crippen LogP contribution is 2.31. The number of alkyl halides is 3. The highest BCUT2D eigenvalue weighted by Gasteiger charge is 2.34. The summed E-state index contributed by atoms with van der Waals surface area (Å²) in [5, 5.41) is 9.09. The molecule has 0 aliphatic carbocycles. The molecular formula is C14H19F3N4. The molecule has 4 nitrogen and oxygen atoms in total. The number of nitrogens with zero attached hydrogens (tertiary/aromatic N) is 3. The maximum atomic E-state index is 12.8. The van der Waals surface area contributed by atoms with Crippen molar-refractivity contribution in [3.05, 3.63) is 23.4 Å². The van der Waals surface area contributed by atoms with Crippen molar-refractivity contribution in [3.8, 4) is 6.07 Å². The maximum absolute atomic E-state index is 12.8. The number of aromatic nitrogens is 1. The summed E-state index contributed by atoms with van der Waals surface area (Å²) in [5.74, 6) is 0.0522. The number of pyridine rings is 1. The average molecular weight is 300 g/mol. The Morgan fingerprint density at radius 2 is 1.95 bits per heavy atom. The Labute approximate surface area is 122 Å². The summed E-state index contributed by atoms with van der Waals surface area (Å²) in [4.78, 5) is 5.30. The summed E-state index contributed by atoms with van der Waals surface area (Å²) in [6, 6.07) is 3.87. The van der Waals surface area contributed by atoms with Crippen LogP contribution in [0, 0.1) is 16.7 Å². The van der Waals surface area contributed by atoms with E-state index < -0.39 is 11.9 Å². The van der Waals surface area contributed by atoms with E-state index in [1.54, 1.807) is 11.8 Å². The van der Waals surface area contributed by atoms with Gasteiger partial charge in [-0.3, -0.25) is 0 Å². The predicted molar refractivity (Wildman–Crippen MR) is 74.7 cm³/mol. The summed E-state index contributed by atoms with van der Waals surface area (Å²) in [5.41, 5.74) is 4.50. The number of nitriles is 1. The van der Waals surface area contributed by atoms with Crippen LogP contribution in [0.3, 0.4) is 0 Å². The van der Waals surface area contributed by atoms with Crippen molar-refractivity contribution in [2.75, 3.05) is 24.5 Å². The van der Waals surface area contributed by atoms with Gasteiger partial charge in [-0.25, -0.2) is 4.98 Å². The standard InChI is InChI=1S/C14H19F3N4/c1-4-21(9-13(2,3)8-19)12-10(7-18)5-6-11(20-12)14(15,16)17/h5-6H,4,8-9,19H2,1-3H3. The van der Waals surface area contributed by atoms with Crippen LogP contribution in [0.25, 0.3) is 0 Å². The highest BCUT2D eigenvalue weighted by atomic mass is 19.4. The van der Waals surface area contributed by atoms with E-state index in [1.165, 1.54) is 0 Å². The molecule has 0 aliphatic rings. The van der Waals surface area contributed by atoms with Gasteiger partial charge >= 0.3 is 6.18 Å². The van der Waals surface area contributed by atoms with Crippen LogP contribution in [-0.2, 0) is 6.18 Å². The van der Waals surface area contributed by atoms with E-state index in [0.29, 0.717) is 19.6 Å². The second-order valence-electron chi connectivity index (χ2n) is 5.56. The molecule has 1 rings (SSSR count). The molecule has 0 atom stereocenters. The SMILES string of the molecule is CCN(CC(C)(C)CN)c1nc(C(F)(F)F)ccc1C#N. The largest absolute Gasteiger partial charge is 0.433 e. The second kappa shape index (κ2) is 6.31. The Morgan fingerprint density at radius 3 is 2.38 bits per heavy atom. The van der Waals surface area contributed by atoms with Crippen LogP contribution < -0.4 is 10.6 Å². The highest BCUT2D eigenvalue weighted by molar-refractivity contribution is 5.54. The number of rotatable bonds is 5. The Bertz CT molecular complexity index is 532. The molecular weight excluding hydrogens is 281 g/mol. The van der Waals surface area contributed by atoms with Crippen LogP contribution in [0.15, 0.2) is 12.1 Å². The first-order valence-corrected chi connectivity index (χ1v) is 6.58. The van der Waals surface area contributed by atoms with E-state index >= 15 is 0 Å². The second-order valence-corrected chi connectivity index (χ2v) is 5.56. The van der Waals surface area contributed by atoms with Crippen LogP contribution in [0.1, 0.15) is 32.0 Å². The number of hydrogen-bond donors (Lipinski definition) is 1. The topological polar surface area (TPSA) is 65.9 Å². The molecule has 0 spiro atoms. The third kappa shape index (κ3) is 4.33. The van der Waals surface area contributed by atoms with Crippen molar-refractivity contribution in [3.63, 3.8) is 0 Å². The molecule has 0 fully saturated rings. The van der Waals surface area contributed by atoms with Crippen LogP contribution in [0.5, 0.6) is 0 Å². The van der Waals surface area contributed by atoms with Gasteiger partial charge in [0.25, 0.3) is 0 Å². The maximum Gasteiger partial charge on any atom is 0.433 e. The van der Waals surface area contributed by atoms with Crippen molar-refractivity contribution in [1.29, 1.82) is 5.26 Å². The van der Waals surface area contributed by atoms with Crippen LogP contribution >= 0.6 is 0 Å². The molecule has 0 radical (unpaired) electrons. The van der Waals surface area contributed by atoms with Gasteiger partial charge in [-0.15, -0.1) is 0 Å². The lowest BCUT2D eigenvalue weighted by Crippen LogP contribution is -2.39. The molecule has 0 aliphatic heterocycles. The van der Waals surface area contributed by atoms with Gasteiger partial charge < -0.3 is 10.6 Å². The van der Waals surface area contributed by atoms with Crippen molar-refractivity contribution in [1.82, 2.24) is 4.98 Å². The normalized spacial score (nSPS) is 12.1. The van der Waals surface area contributed by atoms with Crippen molar-refractivity contribution in [2.45, 2.75) is 26.9 Å². The summed E-state index contributed by atoms with van der Waals surface area (Å²) in [6.07, 6.45) is -4.54. The Balaban J connectivity index is 3.27. The number of hydrogen-bond acceptors (Lipinski definition) is 4. The fourth-order valence-corrected chi connectivity index (χ4v) is 1.85. The zero-order chi connectivity index (χ0) is 16.3. The monoisotopic (exact) mass is 300 g/mol. The van der Waals surface area contributed by atoms with Gasteiger partial charge in [0.1, 0.15) is 17.6 Å². The molecule has 0 bridgehead atoms. The van der Waals surface area contributed by atoms with E-state index in [9.17, 15) is 13.2 Å². The molecule has 21 heavy (non-hydrogen) atoms. The van der Waals surface area contributed by atoms with Crippen LogP contribution in [-0.4, -0.2) is 24.6 Å². The third-order valence-electron chi connectivity index (χ3n) is 3.14. The molecule has 116 valence electrons. The lowest BCUT2D eigenvalue weighted by molar-refractivity contribution is -0.141. The summed E-state index contributed by atoms with van der Waals surface area (Å²) >= 11 is 0. The molecule has 0 aromatic carbocycles. The number of anilines is 1.